The van der Waals surface area contributed by atoms with Gasteiger partial charge in [0.2, 0.25) is 0 Å². The lowest BCUT2D eigenvalue weighted by molar-refractivity contribution is -0.385. The third-order valence-electron chi connectivity index (χ3n) is 3.13. The van der Waals surface area contributed by atoms with Gasteiger partial charge in [0.1, 0.15) is 23.7 Å². The second-order valence-corrected chi connectivity index (χ2v) is 4.56. The fourth-order valence-electron chi connectivity index (χ4n) is 1.93. The zero-order chi connectivity index (χ0) is 16.8. The van der Waals surface area contributed by atoms with Crippen LogP contribution in [0.3, 0.4) is 0 Å². The van der Waals surface area contributed by atoms with Gasteiger partial charge in [-0.25, -0.2) is 4.79 Å². The number of esters is 1. The van der Waals surface area contributed by atoms with E-state index in [1.54, 1.807) is 19.2 Å². The minimum Gasteiger partial charge on any atom is -0.497 e. The van der Waals surface area contributed by atoms with E-state index in [1.165, 1.54) is 18.2 Å². The fourth-order valence-corrected chi connectivity index (χ4v) is 1.93. The van der Waals surface area contributed by atoms with Crippen LogP contribution in [0.15, 0.2) is 42.5 Å². The molecule has 0 spiro atoms. The summed E-state index contributed by atoms with van der Waals surface area (Å²) in [4.78, 5) is 21.9. The highest BCUT2D eigenvalue weighted by atomic mass is 16.6. The molecule has 0 fully saturated rings. The predicted octanol–water partition coefficient (Wildman–Crippen LogP) is 2.97. The van der Waals surface area contributed by atoms with E-state index in [-0.39, 0.29) is 17.9 Å². The van der Waals surface area contributed by atoms with Crippen LogP contribution in [0.4, 0.5) is 5.69 Å². The number of methoxy groups -OCH3 is 2. The smallest absolute Gasteiger partial charge is 0.345 e. The number of nitro groups is 1. The van der Waals surface area contributed by atoms with Crippen LogP contribution in [-0.2, 0) is 11.3 Å². The van der Waals surface area contributed by atoms with Crippen molar-refractivity contribution in [2.24, 2.45) is 0 Å². The number of nitro benzene ring substituents is 1. The van der Waals surface area contributed by atoms with Gasteiger partial charge in [-0.05, 0) is 23.8 Å². The van der Waals surface area contributed by atoms with Gasteiger partial charge in [-0.3, -0.25) is 10.1 Å². The van der Waals surface area contributed by atoms with Crippen molar-refractivity contribution in [3.8, 4) is 11.5 Å². The lowest BCUT2D eigenvalue weighted by Gasteiger charge is -2.08. The summed E-state index contributed by atoms with van der Waals surface area (Å²) in [6.45, 7) is 0.252. The van der Waals surface area contributed by atoms with Crippen LogP contribution >= 0.6 is 0 Å². The van der Waals surface area contributed by atoms with Crippen molar-refractivity contribution in [1.29, 1.82) is 0 Å². The number of carbonyl (C=O) groups excluding carboxylic acids is 1. The Morgan fingerprint density at radius 1 is 1.09 bits per heavy atom. The van der Waals surface area contributed by atoms with Gasteiger partial charge in [0, 0.05) is 12.1 Å². The van der Waals surface area contributed by atoms with Crippen molar-refractivity contribution < 1.29 is 23.9 Å². The molecule has 0 aliphatic rings. The maximum atomic E-state index is 11.6. The molecule has 120 valence electrons. The molecule has 0 N–H and O–H groups in total. The number of rotatable bonds is 6. The van der Waals surface area contributed by atoms with Crippen molar-refractivity contribution in [2.75, 3.05) is 14.2 Å². The van der Waals surface area contributed by atoms with Gasteiger partial charge in [0.05, 0.1) is 19.1 Å². The molecule has 0 amide bonds. The Balaban J connectivity index is 2.16. The fraction of sp³-hybridized carbons (Fsp3) is 0.188. The van der Waals surface area contributed by atoms with Crippen molar-refractivity contribution >= 4 is 11.7 Å². The van der Waals surface area contributed by atoms with E-state index in [9.17, 15) is 14.9 Å². The molecule has 0 aliphatic carbocycles. The lowest BCUT2D eigenvalue weighted by Crippen LogP contribution is -2.06. The number of nitrogens with zero attached hydrogens (tertiary/aromatic N) is 1. The Labute approximate surface area is 132 Å². The third-order valence-corrected chi connectivity index (χ3v) is 3.13. The molecule has 23 heavy (non-hydrogen) atoms. The molecule has 0 heterocycles. The van der Waals surface area contributed by atoms with Gasteiger partial charge < -0.3 is 14.2 Å². The molecule has 0 radical (unpaired) electrons. The van der Waals surface area contributed by atoms with Crippen LogP contribution in [0.25, 0.3) is 0 Å². The van der Waals surface area contributed by atoms with Crippen LogP contribution in [-0.4, -0.2) is 25.1 Å². The van der Waals surface area contributed by atoms with Gasteiger partial charge in [-0.1, -0.05) is 12.1 Å². The summed E-state index contributed by atoms with van der Waals surface area (Å²) < 4.78 is 15.2. The molecule has 0 unspecified atom stereocenters. The summed E-state index contributed by atoms with van der Waals surface area (Å²) in [5.41, 5.74) is 0.419. The second-order valence-electron chi connectivity index (χ2n) is 4.56. The average Bonchev–Trinajstić information content (AvgIpc) is 2.59. The number of benzene rings is 2. The molecule has 0 saturated carbocycles. The molecule has 0 bridgehead atoms. The van der Waals surface area contributed by atoms with Gasteiger partial charge in [0.15, 0.2) is 0 Å². The minimum absolute atomic E-state index is 0.148. The summed E-state index contributed by atoms with van der Waals surface area (Å²) in [5.74, 6) is 0.287. The zero-order valence-electron chi connectivity index (χ0n) is 12.6. The SMILES string of the molecule is COC(=O)c1cc(OCc2ccc(OC)cc2)ccc1[N+](=O)[O-]. The first-order valence-corrected chi connectivity index (χ1v) is 6.67. The first-order chi connectivity index (χ1) is 11.0. The van der Waals surface area contributed by atoms with E-state index in [0.29, 0.717) is 5.75 Å². The summed E-state index contributed by atoms with van der Waals surface area (Å²) >= 11 is 0. The monoisotopic (exact) mass is 317 g/mol. The van der Waals surface area contributed by atoms with E-state index in [0.717, 1.165) is 18.4 Å². The van der Waals surface area contributed by atoms with Crippen molar-refractivity contribution in [3.63, 3.8) is 0 Å². The predicted molar refractivity (Wildman–Crippen MR) is 81.8 cm³/mol. The molecule has 0 saturated heterocycles. The summed E-state index contributed by atoms with van der Waals surface area (Å²) in [6.07, 6.45) is 0. The quantitative estimate of drug-likeness (QED) is 0.462. The van der Waals surface area contributed by atoms with Crippen LogP contribution < -0.4 is 9.47 Å². The van der Waals surface area contributed by atoms with Crippen molar-refractivity contribution in [2.45, 2.75) is 6.61 Å². The molecule has 0 aliphatic heterocycles. The van der Waals surface area contributed by atoms with Gasteiger partial charge >= 0.3 is 5.97 Å². The molecule has 0 atom stereocenters. The molecule has 2 aromatic rings. The highest BCUT2D eigenvalue weighted by Crippen LogP contribution is 2.25. The number of ether oxygens (including phenoxy) is 3. The summed E-state index contributed by atoms with van der Waals surface area (Å²) in [6, 6.07) is 11.2. The normalized spacial score (nSPS) is 10.0. The van der Waals surface area contributed by atoms with Crippen LogP contribution in [0.5, 0.6) is 11.5 Å². The van der Waals surface area contributed by atoms with E-state index in [2.05, 4.69) is 4.74 Å². The van der Waals surface area contributed by atoms with Gasteiger partial charge in [-0.15, -0.1) is 0 Å². The number of hydrogen-bond donors (Lipinski definition) is 0. The Morgan fingerprint density at radius 3 is 2.30 bits per heavy atom. The Morgan fingerprint density at radius 2 is 1.74 bits per heavy atom. The highest BCUT2D eigenvalue weighted by Gasteiger charge is 2.21. The first kappa shape index (κ1) is 16.3. The molecular weight excluding hydrogens is 302 g/mol. The van der Waals surface area contributed by atoms with Gasteiger partial charge in [-0.2, -0.15) is 0 Å². The maximum absolute atomic E-state index is 11.6. The average molecular weight is 317 g/mol. The van der Waals surface area contributed by atoms with Crippen LogP contribution in [0, 0.1) is 10.1 Å². The first-order valence-electron chi connectivity index (χ1n) is 6.67. The molecule has 0 aromatic heterocycles. The van der Waals surface area contributed by atoms with E-state index in [4.69, 9.17) is 9.47 Å². The van der Waals surface area contributed by atoms with E-state index < -0.39 is 10.9 Å². The van der Waals surface area contributed by atoms with E-state index >= 15 is 0 Å². The zero-order valence-corrected chi connectivity index (χ0v) is 12.6. The topological polar surface area (TPSA) is 87.9 Å². The largest absolute Gasteiger partial charge is 0.497 e. The summed E-state index contributed by atoms with van der Waals surface area (Å²) in [5, 5.41) is 10.9. The van der Waals surface area contributed by atoms with Crippen LogP contribution in [0.1, 0.15) is 15.9 Å². The Bertz CT molecular complexity index is 711. The number of hydrogen-bond acceptors (Lipinski definition) is 6. The molecule has 2 rings (SSSR count). The number of carbonyl (C=O) groups is 1. The van der Waals surface area contributed by atoms with Crippen molar-refractivity contribution in [1.82, 2.24) is 0 Å². The summed E-state index contributed by atoms with van der Waals surface area (Å²) in [7, 11) is 2.74. The molecular formula is C16H15NO6. The van der Waals surface area contributed by atoms with Crippen molar-refractivity contribution in [3.05, 3.63) is 63.7 Å². The lowest BCUT2D eigenvalue weighted by atomic mass is 10.1. The third kappa shape index (κ3) is 3.97. The molecule has 2 aromatic carbocycles. The van der Waals surface area contributed by atoms with E-state index in [1.807, 2.05) is 12.1 Å². The van der Waals surface area contributed by atoms with Gasteiger partial charge in [0.25, 0.3) is 5.69 Å². The molecule has 7 nitrogen and oxygen atoms in total. The van der Waals surface area contributed by atoms with Crippen LogP contribution in [0.2, 0.25) is 0 Å². The maximum Gasteiger partial charge on any atom is 0.345 e. The highest BCUT2D eigenvalue weighted by molar-refractivity contribution is 5.94. The standard InChI is InChI=1S/C16H15NO6/c1-21-12-5-3-11(4-6-12)10-23-13-7-8-15(17(19)20)14(9-13)16(18)22-2/h3-9H,10H2,1-2H3. The molecule has 7 heteroatoms. The Hall–Kier alpha value is -3.09. The second kappa shape index (κ2) is 7.26. The minimum atomic E-state index is -0.786. The Kier molecular flexibility index (Phi) is 5.14.